The van der Waals surface area contributed by atoms with Crippen LogP contribution in [0.5, 0.6) is 0 Å². The van der Waals surface area contributed by atoms with Gasteiger partial charge in [0.15, 0.2) is 6.19 Å². The third kappa shape index (κ3) is 4.71. The molecular formula is C20H16ClN5O2S. The SMILES string of the molecule is N#CNC(N)=NCc1ccc(-c2ccncc2)cc1S(=O)(=O)c1cccc(Cl)c1. The smallest absolute Gasteiger partial charge is 0.207 e. The average Bonchev–Trinajstić information content (AvgIpc) is 2.73. The van der Waals surface area contributed by atoms with Gasteiger partial charge >= 0.3 is 0 Å². The third-order valence-electron chi connectivity index (χ3n) is 4.08. The van der Waals surface area contributed by atoms with Gasteiger partial charge in [-0.05, 0) is 53.1 Å². The lowest BCUT2D eigenvalue weighted by atomic mass is 10.1. The minimum absolute atomic E-state index is 0.0216. The normalized spacial score (nSPS) is 11.7. The maximum atomic E-state index is 13.3. The highest BCUT2D eigenvalue weighted by Gasteiger charge is 2.22. The molecule has 3 N–H and O–H groups in total. The molecule has 0 atom stereocenters. The van der Waals surface area contributed by atoms with E-state index in [9.17, 15) is 8.42 Å². The van der Waals surface area contributed by atoms with Crippen LogP contribution in [0.4, 0.5) is 0 Å². The third-order valence-corrected chi connectivity index (χ3v) is 6.15. The fourth-order valence-corrected chi connectivity index (χ4v) is 4.50. The molecule has 0 saturated heterocycles. The molecule has 1 aromatic heterocycles. The summed E-state index contributed by atoms with van der Waals surface area (Å²) < 4.78 is 26.7. The Morgan fingerprint density at radius 1 is 1.14 bits per heavy atom. The molecule has 29 heavy (non-hydrogen) atoms. The molecule has 146 valence electrons. The van der Waals surface area contributed by atoms with E-state index in [4.69, 9.17) is 22.6 Å². The van der Waals surface area contributed by atoms with Crippen LogP contribution in [0.15, 0.2) is 81.8 Å². The highest BCUT2D eigenvalue weighted by Crippen LogP contribution is 2.30. The van der Waals surface area contributed by atoms with Crippen LogP contribution in [-0.2, 0) is 16.4 Å². The van der Waals surface area contributed by atoms with Crippen molar-refractivity contribution in [1.82, 2.24) is 10.3 Å². The Kier molecular flexibility index (Phi) is 6.12. The van der Waals surface area contributed by atoms with Gasteiger partial charge < -0.3 is 5.73 Å². The number of benzene rings is 2. The summed E-state index contributed by atoms with van der Waals surface area (Å²) in [5.41, 5.74) is 7.56. The van der Waals surface area contributed by atoms with Crippen LogP contribution in [0.1, 0.15) is 5.56 Å². The Balaban J connectivity index is 2.15. The average molecular weight is 426 g/mol. The van der Waals surface area contributed by atoms with Crippen LogP contribution < -0.4 is 11.1 Å². The number of sulfone groups is 1. The molecule has 0 spiro atoms. The van der Waals surface area contributed by atoms with Crippen molar-refractivity contribution in [2.24, 2.45) is 10.7 Å². The van der Waals surface area contributed by atoms with Gasteiger partial charge in [-0.1, -0.05) is 29.8 Å². The van der Waals surface area contributed by atoms with Gasteiger partial charge in [-0.2, -0.15) is 5.26 Å². The lowest BCUT2D eigenvalue weighted by Crippen LogP contribution is -2.27. The second kappa shape index (κ2) is 8.73. The van der Waals surface area contributed by atoms with Crippen molar-refractivity contribution >= 4 is 27.4 Å². The molecule has 7 nitrogen and oxygen atoms in total. The molecule has 0 amide bonds. The van der Waals surface area contributed by atoms with Crippen LogP contribution >= 0.6 is 11.6 Å². The summed E-state index contributed by atoms with van der Waals surface area (Å²) in [6.07, 6.45) is 4.93. The second-order valence-corrected chi connectivity index (χ2v) is 8.31. The number of aliphatic imine (C=N–C) groups is 1. The molecule has 0 unspecified atom stereocenters. The maximum absolute atomic E-state index is 13.3. The molecule has 0 saturated carbocycles. The van der Waals surface area contributed by atoms with Crippen LogP contribution in [0, 0.1) is 11.5 Å². The van der Waals surface area contributed by atoms with E-state index in [1.165, 1.54) is 12.1 Å². The summed E-state index contributed by atoms with van der Waals surface area (Å²) in [5.74, 6) is -0.100. The number of nitrogens with two attached hydrogens (primary N) is 1. The first-order chi connectivity index (χ1) is 13.9. The number of rotatable bonds is 5. The highest BCUT2D eigenvalue weighted by atomic mass is 35.5. The van der Waals surface area contributed by atoms with E-state index in [1.54, 1.807) is 61.1 Å². The molecular weight excluding hydrogens is 410 g/mol. The number of hydrogen-bond donors (Lipinski definition) is 2. The van der Waals surface area contributed by atoms with Crippen LogP contribution in [-0.4, -0.2) is 19.4 Å². The van der Waals surface area contributed by atoms with Crippen LogP contribution in [0.2, 0.25) is 5.02 Å². The highest BCUT2D eigenvalue weighted by molar-refractivity contribution is 7.91. The van der Waals surface area contributed by atoms with E-state index in [2.05, 4.69) is 15.3 Å². The second-order valence-electron chi connectivity index (χ2n) is 5.96. The van der Waals surface area contributed by atoms with Gasteiger partial charge in [0.25, 0.3) is 0 Å². The number of halogens is 1. The van der Waals surface area contributed by atoms with Crippen LogP contribution in [0.3, 0.4) is 0 Å². The van der Waals surface area contributed by atoms with E-state index in [-0.39, 0.29) is 22.3 Å². The first-order valence-corrected chi connectivity index (χ1v) is 10.3. The van der Waals surface area contributed by atoms with Crippen molar-refractivity contribution in [2.45, 2.75) is 16.3 Å². The van der Waals surface area contributed by atoms with E-state index in [0.717, 1.165) is 5.56 Å². The van der Waals surface area contributed by atoms with Crippen molar-refractivity contribution in [1.29, 1.82) is 5.26 Å². The van der Waals surface area contributed by atoms with Gasteiger partial charge in [0.1, 0.15) is 0 Å². The molecule has 2 aromatic carbocycles. The predicted octanol–water partition coefficient (Wildman–Crippen LogP) is 3.12. The number of nitriles is 1. The number of nitrogens with zero attached hydrogens (tertiary/aromatic N) is 3. The fraction of sp³-hybridized carbons (Fsp3) is 0.0500. The number of aromatic nitrogens is 1. The standard InChI is InChI=1S/C20H16ClN5O2S/c21-17-2-1-3-18(11-17)29(27,28)19-10-15(14-6-8-24-9-7-14)4-5-16(19)12-25-20(23)26-13-22/h1-11H,12H2,(H3,23,25,26). The molecule has 3 aromatic rings. The van der Waals surface area contributed by atoms with E-state index in [1.807, 2.05) is 0 Å². The molecule has 0 aliphatic carbocycles. The van der Waals surface area contributed by atoms with Gasteiger partial charge in [-0.15, -0.1) is 0 Å². The Hall–Kier alpha value is -3.41. The fourth-order valence-electron chi connectivity index (χ4n) is 2.69. The van der Waals surface area contributed by atoms with Gasteiger partial charge in [0.2, 0.25) is 15.8 Å². The zero-order valence-electron chi connectivity index (χ0n) is 15.1. The number of pyridine rings is 1. The molecule has 0 radical (unpaired) electrons. The van der Waals surface area contributed by atoms with E-state index >= 15 is 0 Å². The lowest BCUT2D eigenvalue weighted by Gasteiger charge is -2.12. The summed E-state index contributed by atoms with van der Waals surface area (Å²) in [6.45, 7) is -0.0216. The van der Waals surface area contributed by atoms with E-state index in [0.29, 0.717) is 16.1 Å². The molecule has 0 aliphatic heterocycles. The summed E-state index contributed by atoms with van der Waals surface area (Å²) in [7, 11) is -3.88. The predicted molar refractivity (Wildman–Crippen MR) is 111 cm³/mol. The largest absolute Gasteiger partial charge is 0.369 e. The van der Waals surface area contributed by atoms with Crippen molar-refractivity contribution in [3.63, 3.8) is 0 Å². The van der Waals surface area contributed by atoms with Crippen molar-refractivity contribution in [3.8, 4) is 17.3 Å². The Morgan fingerprint density at radius 2 is 1.90 bits per heavy atom. The minimum atomic E-state index is -3.88. The van der Waals surface area contributed by atoms with Crippen molar-refractivity contribution in [3.05, 3.63) is 77.6 Å². The Labute approximate surface area is 173 Å². The zero-order chi connectivity index (χ0) is 20.9. The lowest BCUT2D eigenvalue weighted by molar-refractivity contribution is 0.595. The number of nitrogens with one attached hydrogen (secondary N) is 1. The molecule has 3 rings (SSSR count). The summed E-state index contributed by atoms with van der Waals surface area (Å²) in [4.78, 5) is 8.18. The molecule has 0 aliphatic rings. The van der Waals surface area contributed by atoms with Gasteiger partial charge in [0, 0.05) is 17.4 Å². The summed E-state index contributed by atoms with van der Waals surface area (Å²) in [5, 5.41) is 11.1. The first kappa shape index (κ1) is 20.3. The Morgan fingerprint density at radius 3 is 2.59 bits per heavy atom. The topological polar surface area (TPSA) is 121 Å². The quantitative estimate of drug-likeness (QED) is 0.280. The number of hydrogen-bond acceptors (Lipinski definition) is 5. The molecule has 0 bridgehead atoms. The Bertz CT molecular complexity index is 1210. The minimum Gasteiger partial charge on any atom is -0.369 e. The van der Waals surface area contributed by atoms with Crippen molar-refractivity contribution < 1.29 is 8.42 Å². The van der Waals surface area contributed by atoms with Gasteiger partial charge in [-0.3, -0.25) is 10.3 Å². The monoisotopic (exact) mass is 425 g/mol. The molecule has 9 heteroatoms. The first-order valence-electron chi connectivity index (χ1n) is 8.41. The maximum Gasteiger partial charge on any atom is 0.207 e. The van der Waals surface area contributed by atoms with Crippen LogP contribution in [0.25, 0.3) is 11.1 Å². The van der Waals surface area contributed by atoms with Gasteiger partial charge in [0.05, 0.1) is 16.3 Å². The van der Waals surface area contributed by atoms with Crippen molar-refractivity contribution in [2.75, 3.05) is 0 Å². The van der Waals surface area contributed by atoms with Gasteiger partial charge in [-0.25, -0.2) is 13.4 Å². The molecule has 0 fully saturated rings. The molecule has 1 heterocycles. The zero-order valence-corrected chi connectivity index (χ0v) is 16.7. The summed E-state index contributed by atoms with van der Waals surface area (Å²) in [6, 6.07) is 14.7. The summed E-state index contributed by atoms with van der Waals surface area (Å²) >= 11 is 5.99. The number of guanidine groups is 1. The van der Waals surface area contributed by atoms with E-state index < -0.39 is 9.84 Å².